The van der Waals surface area contributed by atoms with Gasteiger partial charge in [0.25, 0.3) is 0 Å². The molecule has 3 nitrogen and oxygen atoms in total. The van der Waals surface area contributed by atoms with E-state index in [0.717, 1.165) is 16.8 Å². The van der Waals surface area contributed by atoms with Gasteiger partial charge in [-0.25, -0.2) is 4.90 Å². The fraction of sp³-hybridized carbons (Fsp3) is 0.304. The van der Waals surface area contributed by atoms with E-state index in [0.29, 0.717) is 11.8 Å². The van der Waals surface area contributed by atoms with E-state index in [1.807, 2.05) is 54.6 Å². The summed E-state index contributed by atoms with van der Waals surface area (Å²) in [6.07, 6.45) is 5.63. The number of para-hydroxylation sites is 1. The molecule has 5 aliphatic rings. The standard InChI is InChI=1S/C23H19NO2/c25-22-20-15-10-11-16(18-12-17(15)18)21(20)23(26)24(22)19-9-5-4-8-14(19)13-6-2-1-3-7-13/h1-11,15-18,20-21H,12H2/t15-,16+,17-,18-,20+,21+/m1/s1. The summed E-state index contributed by atoms with van der Waals surface area (Å²) in [6.45, 7) is 0. The summed E-state index contributed by atoms with van der Waals surface area (Å²) >= 11 is 0. The van der Waals surface area contributed by atoms with Gasteiger partial charge in [0.15, 0.2) is 0 Å². The van der Waals surface area contributed by atoms with E-state index in [4.69, 9.17) is 0 Å². The van der Waals surface area contributed by atoms with Crippen LogP contribution in [0.25, 0.3) is 11.1 Å². The molecule has 0 N–H and O–H groups in total. The molecule has 0 unspecified atom stereocenters. The fourth-order valence-corrected chi connectivity index (χ4v) is 5.72. The predicted molar refractivity (Wildman–Crippen MR) is 99.1 cm³/mol. The quantitative estimate of drug-likeness (QED) is 0.613. The summed E-state index contributed by atoms with van der Waals surface area (Å²) in [4.78, 5) is 28.2. The summed E-state index contributed by atoms with van der Waals surface area (Å²) in [7, 11) is 0. The maximum Gasteiger partial charge on any atom is 0.238 e. The minimum absolute atomic E-state index is 0.00748. The van der Waals surface area contributed by atoms with Crippen LogP contribution in [0, 0.1) is 35.5 Å². The van der Waals surface area contributed by atoms with E-state index in [9.17, 15) is 9.59 Å². The van der Waals surface area contributed by atoms with Gasteiger partial charge >= 0.3 is 0 Å². The summed E-state index contributed by atoms with van der Waals surface area (Å²) in [6, 6.07) is 17.8. The monoisotopic (exact) mass is 341 g/mol. The maximum atomic E-state index is 13.4. The number of imide groups is 1. The molecule has 1 saturated heterocycles. The van der Waals surface area contributed by atoms with Gasteiger partial charge in [0, 0.05) is 5.56 Å². The summed E-state index contributed by atoms with van der Waals surface area (Å²) in [5, 5.41) is 0. The first-order valence-corrected chi connectivity index (χ1v) is 9.46. The molecule has 2 aromatic rings. The highest BCUT2D eigenvalue weighted by Crippen LogP contribution is 2.65. The van der Waals surface area contributed by atoms with Gasteiger partial charge < -0.3 is 0 Å². The van der Waals surface area contributed by atoms with Crippen molar-refractivity contribution in [3.8, 4) is 11.1 Å². The Morgan fingerprint density at radius 3 is 1.96 bits per heavy atom. The van der Waals surface area contributed by atoms with Crippen molar-refractivity contribution in [3.63, 3.8) is 0 Å². The molecule has 2 amide bonds. The normalized spacial score (nSPS) is 36.2. The highest BCUT2D eigenvalue weighted by molar-refractivity contribution is 6.24. The van der Waals surface area contributed by atoms with Crippen molar-refractivity contribution in [3.05, 3.63) is 66.7 Å². The minimum atomic E-state index is -0.148. The number of allylic oxidation sites excluding steroid dienone is 2. The number of nitrogens with zero attached hydrogens (tertiary/aromatic N) is 1. The molecule has 7 rings (SSSR count). The van der Waals surface area contributed by atoms with Crippen LogP contribution in [0.5, 0.6) is 0 Å². The number of benzene rings is 2. The molecule has 0 radical (unpaired) electrons. The zero-order valence-electron chi connectivity index (χ0n) is 14.3. The first-order chi connectivity index (χ1) is 12.8. The Bertz CT molecular complexity index is 927. The van der Waals surface area contributed by atoms with E-state index in [-0.39, 0.29) is 35.5 Å². The van der Waals surface area contributed by atoms with E-state index >= 15 is 0 Å². The van der Waals surface area contributed by atoms with Crippen LogP contribution in [0.1, 0.15) is 6.42 Å². The number of anilines is 1. The number of rotatable bonds is 2. The number of hydrogen-bond acceptors (Lipinski definition) is 2. The molecule has 2 aromatic carbocycles. The Morgan fingerprint density at radius 1 is 0.731 bits per heavy atom. The molecule has 0 aromatic heterocycles. The van der Waals surface area contributed by atoms with Crippen LogP contribution in [0.3, 0.4) is 0 Å². The lowest BCUT2D eigenvalue weighted by Crippen LogP contribution is -2.40. The van der Waals surface area contributed by atoms with Crippen molar-refractivity contribution in [2.45, 2.75) is 6.42 Å². The van der Waals surface area contributed by atoms with Crippen molar-refractivity contribution in [2.24, 2.45) is 35.5 Å². The number of hydrogen-bond donors (Lipinski definition) is 0. The second-order valence-corrected chi connectivity index (χ2v) is 8.05. The van der Waals surface area contributed by atoms with Crippen molar-refractivity contribution < 1.29 is 9.59 Å². The number of carbonyl (C=O) groups is 2. The molecule has 2 saturated carbocycles. The molecule has 26 heavy (non-hydrogen) atoms. The van der Waals surface area contributed by atoms with Crippen molar-refractivity contribution in [1.82, 2.24) is 0 Å². The third-order valence-corrected chi connectivity index (χ3v) is 6.89. The SMILES string of the molecule is O=C1[C@H]2[C@@H]3C=C[C@@H]([C@H]4C[C@H]34)[C@@H]2C(=O)N1c1ccccc1-c1ccccc1. The molecule has 6 atom stereocenters. The second-order valence-electron chi connectivity index (χ2n) is 8.05. The largest absolute Gasteiger partial charge is 0.274 e. The average Bonchev–Trinajstić information content (AvgIpc) is 3.47. The zero-order valence-corrected chi connectivity index (χ0v) is 14.3. The Labute approximate surface area is 152 Å². The van der Waals surface area contributed by atoms with Crippen molar-refractivity contribution in [1.29, 1.82) is 0 Å². The first kappa shape index (κ1) is 14.5. The number of amides is 2. The fourth-order valence-electron chi connectivity index (χ4n) is 5.72. The Hall–Kier alpha value is -2.68. The topological polar surface area (TPSA) is 37.4 Å². The molecule has 4 aliphatic carbocycles. The first-order valence-electron chi connectivity index (χ1n) is 9.46. The smallest absolute Gasteiger partial charge is 0.238 e. The van der Waals surface area contributed by atoms with Crippen LogP contribution in [0.2, 0.25) is 0 Å². The third kappa shape index (κ3) is 1.73. The van der Waals surface area contributed by atoms with Gasteiger partial charge in [0.05, 0.1) is 17.5 Å². The molecule has 3 fully saturated rings. The third-order valence-electron chi connectivity index (χ3n) is 6.89. The van der Waals surface area contributed by atoms with Crippen LogP contribution in [0.15, 0.2) is 66.7 Å². The van der Waals surface area contributed by atoms with E-state index in [1.165, 1.54) is 11.3 Å². The van der Waals surface area contributed by atoms with Crippen molar-refractivity contribution in [2.75, 3.05) is 4.90 Å². The summed E-state index contributed by atoms with van der Waals surface area (Å²) in [5.74, 6) is 1.51. The lowest BCUT2D eigenvalue weighted by molar-refractivity contribution is -0.124. The van der Waals surface area contributed by atoms with Gasteiger partial charge in [-0.15, -0.1) is 0 Å². The highest BCUT2D eigenvalue weighted by Gasteiger charge is 2.67. The molecule has 1 heterocycles. The molecule has 3 heteroatoms. The maximum absolute atomic E-state index is 13.4. The van der Waals surface area contributed by atoms with Gasteiger partial charge in [-0.05, 0) is 41.7 Å². The molecular weight excluding hydrogens is 322 g/mol. The van der Waals surface area contributed by atoms with Gasteiger partial charge in [-0.2, -0.15) is 0 Å². The van der Waals surface area contributed by atoms with E-state index < -0.39 is 0 Å². The highest BCUT2D eigenvalue weighted by atomic mass is 16.2. The summed E-state index contributed by atoms with van der Waals surface area (Å²) < 4.78 is 0. The summed E-state index contributed by atoms with van der Waals surface area (Å²) in [5.41, 5.74) is 2.71. The second kappa shape index (κ2) is 4.94. The predicted octanol–water partition coefficient (Wildman–Crippen LogP) is 3.91. The molecule has 1 aliphatic heterocycles. The van der Waals surface area contributed by atoms with E-state index in [2.05, 4.69) is 12.2 Å². The average molecular weight is 341 g/mol. The lowest BCUT2D eigenvalue weighted by Gasteiger charge is -2.37. The van der Waals surface area contributed by atoms with Gasteiger partial charge in [-0.3, -0.25) is 9.59 Å². The van der Waals surface area contributed by atoms with Crippen LogP contribution in [0.4, 0.5) is 5.69 Å². The van der Waals surface area contributed by atoms with Gasteiger partial charge in [0.1, 0.15) is 0 Å². The van der Waals surface area contributed by atoms with Gasteiger partial charge in [0.2, 0.25) is 11.8 Å². The Kier molecular flexibility index (Phi) is 2.75. The van der Waals surface area contributed by atoms with Crippen LogP contribution in [-0.4, -0.2) is 11.8 Å². The molecule has 128 valence electrons. The lowest BCUT2D eigenvalue weighted by atomic mass is 9.63. The molecule has 2 bridgehead atoms. The van der Waals surface area contributed by atoms with Crippen molar-refractivity contribution >= 4 is 17.5 Å². The number of carbonyl (C=O) groups excluding carboxylic acids is 2. The Balaban J connectivity index is 1.47. The molecule has 0 spiro atoms. The minimum Gasteiger partial charge on any atom is -0.274 e. The van der Waals surface area contributed by atoms with E-state index in [1.54, 1.807) is 0 Å². The molecular formula is C23H19NO2. The Morgan fingerprint density at radius 2 is 1.31 bits per heavy atom. The van der Waals surface area contributed by atoms with Crippen LogP contribution >= 0.6 is 0 Å². The van der Waals surface area contributed by atoms with Gasteiger partial charge in [-0.1, -0.05) is 60.7 Å². The zero-order chi connectivity index (χ0) is 17.4. The van der Waals surface area contributed by atoms with Crippen LogP contribution < -0.4 is 4.90 Å². The van der Waals surface area contributed by atoms with Crippen LogP contribution in [-0.2, 0) is 9.59 Å².